The van der Waals surface area contributed by atoms with E-state index in [4.69, 9.17) is 5.73 Å². The van der Waals surface area contributed by atoms with E-state index in [0.29, 0.717) is 12.1 Å². The molecule has 19 heavy (non-hydrogen) atoms. The van der Waals surface area contributed by atoms with Gasteiger partial charge in [-0.1, -0.05) is 0 Å². The average Bonchev–Trinajstić information content (AvgIpc) is 3.16. The Kier molecular flexibility index (Phi) is 3.84. The lowest BCUT2D eigenvalue weighted by atomic mass is 10.2. The van der Waals surface area contributed by atoms with Crippen molar-refractivity contribution in [3.05, 3.63) is 29.6 Å². The molecular formula is C11H13F3N2O2S. The second-order valence-corrected chi connectivity index (χ2v) is 6.22. The zero-order valence-corrected chi connectivity index (χ0v) is 10.7. The monoisotopic (exact) mass is 294 g/mol. The van der Waals surface area contributed by atoms with Gasteiger partial charge in [0.25, 0.3) is 0 Å². The summed E-state index contributed by atoms with van der Waals surface area (Å²) in [6.07, 6.45) is 1.72. The van der Waals surface area contributed by atoms with Crippen LogP contribution >= 0.6 is 0 Å². The predicted octanol–water partition coefficient (Wildman–Crippen LogP) is 1.12. The summed E-state index contributed by atoms with van der Waals surface area (Å²) < 4.78 is 65.0. The number of rotatable bonds is 5. The molecule has 2 rings (SSSR count). The van der Waals surface area contributed by atoms with E-state index < -0.39 is 38.4 Å². The van der Waals surface area contributed by atoms with Gasteiger partial charge in [-0.2, -0.15) is 0 Å². The molecule has 0 spiro atoms. The summed E-state index contributed by atoms with van der Waals surface area (Å²) in [6, 6.07) is 0.420. The standard InChI is InChI=1S/C11H13F3N2O2S/c12-8-3-7(4-9(13)11(8)14)19(17,18)16-10(5-15)6-1-2-6/h3-4,6,10,16H,1-2,5,15H2. The van der Waals surface area contributed by atoms with Gasteiger partial charge >= 0.3 is 0 Å². The van der Waals surface area contributed by atoms with Gasteiger partial charge in [-0.05, 0) is 30.9 Å². The van der Waals surface area contributed by atoms with Crippen LogP contribution in [-0.4, -0.2) is 21.0 Å². The number of halogens is 3. The summed E-state index contributed by atoms with van der Waals surface area (Å²) in [5.41, 5.74) is 5.45. The summed E-state index contributed by atoms with van der Waals surface area (Å²) in [5, 5.41) is 0. The predicted molar refractivity (Wildman–Crippen MR) is 62.2 cm³/mol. The van der Waals surface area contributed by atoms with E-state index in [9.17, 15) is 21.6 Å². The van der Waals surface area contributed by atoms with Gasteiger partial charge in [0.2, 0.25) is 10.0 Å². The highest BCUT2D eigenvalue weighted by Crippen LogP contribution is 2.33. The number of sulfonamides is 1. The molecule has 106 valence electrons. The summed E-state index contributed by atoms with van der Waals surface area (Å²) in [4.78, 5) is -0.650. The summed E-state index contributed by atoms with van der Waals surface area (Å²) >= 11 is 0. The first-order valence-corrected chi connectivity index (χ1v) is 7.20. The summed E-state index contributed by atoms with van der Waals surface area (Å²) in [5.74, 6) is -4.64. The number of benzene rings is 1. The van der Waals surface area contributed by atoms with E-state index in [1.165, 1.54) is 0 Å². The van der Waals surface area contributed by atoms with E-state index in [0.717, 1.165) is 12.8 Å². The largest absolute Gasteiger partial charge is 0.329 e. The first-order valence-electron chi connectivity index (χ1n) is 5.72. The maximum absolute atomic E-state index is 13.0. The third kappa shape index (κ3) is 3.07. The van der Waals surface area contributed by atoms with E-state index in [-0.39, 0.29) is 12.5 Å². The zero-order chi connectivity index (χ0) is 14.2. The SMILES string of the molecule is NCC(NS(=O)(=O)c1cc(F)c(F)c(F)c1)C1CC1. The molecule has 1 aromatic carbocycles. The van der Waals surface area contributed by atoms with Crippen LogP contribution in [0.5, 0.6) is 0 Å². The van der Waals surface area contributed by atoms with Crippen molar-refractivity contribution in [2.75, 3.05) is 6.54 Å². The van der Waals surface area contributed by atoms with Crippen LogP contribution in [0, 0.1) is 23.4 Å². The number of hydrogen-bond donors (Lipinski definition) is 2. The van der Waals surface area contributed by atoms with Crippen LogP contribution < -0.4 is 10.5 Å². The molecule has 8 heteroatoms. The van der Waals surface area contributed by atoms with Crippen molar-refractivity contribution in [1.29, 1.82) is 0 Å². The van der Waals surface area contributed by atoms with Crippen molar-refractivity contribution in [2.24, 2.45) is 11.7 Å². The molecule has 1 saturated carbocycles. The highest BCUT2D eigenvalue weighted by molar-refractivity contribution is 7.89. The second kappa shape index (κ2) is 5.10. The minimum atomic E-state index is -4.12. The fraction of sp³-hybridized carbons (Fsp3) is 0.455. The fourth-order valence-electron chi connectivity index (χ4n) is 1.79. The van der Waals surface area contributed by atoms with Gasteiger partial charge in [-0.25, -0.2) is 26.3 Å². The summed E-state index contributed by atoms with van der Waals surface area (Å²) in [7, 11) is -4.12. The number of nitrogens with two attached hydrogens (primary N) is 1. The van der Waals surface area contributed by atoms with Crippen molar-refractivity contribution in [3.8, 4) is 0 Å². The van der Waals surface area contributed by atoms with Crippen LogP contribution in [0.25, 0.3) is 0 Å². The van der Waals surface area contributed by atoms with E-state index >= 15 is 0 Å². The van der Waals surface area contributed by atoms with Crippen LogP contribution in [0.3, 0.4) is 0 Å². The molecule has 3 N–H and O–H groups in total. The molecule has 1 atom stereocenters. The average molecular weight is 294 g/mol. The van der Waals surface area contributed by atoms with Crippen LogP contribution in [-0.2, 0) is 10.0 Å². The smallest absolute Gasteiger partial charge is 0.241 e. The Morgan fingerprint density at radius 1 is 1.26 bits per heavy atom. The first kappa shape index (κ1) is 14.3. The minimum absolute atomic E-state index is 0.0933. The molecule has 1 aromatic rings. The van der Waals surface area contributed by atoms with E-state index in [1.54, 1.807) is 0 Å². The van der Waals surface area contributed by atoms with Crippen molar-refractivity contribution in [3.63, 3.8) is 0 Å². The third-order valence-corrected chi connectivity index (χ3v) is 4.49. The molecule has 0 heterocycles. The second-order valence-electron chi connectivity index (χ2n) is 4.50. The Morgan fingerprint density at radius 2 is 1.79 bits per heavy atom. The van der Waals surface area contributed by atoms with Gasteiger partial charge in [-0.3, -0.25) is 0 Å². The zero-order valence-electron chi connectivity index (χ0n) is 9.87. The van der Waals surface area contributed by atoms with E-state index in [1.807, 2.05) is 0 Å². The minimum Gasteiger partial charge on any atom is -0.329 e. The molecule has 0 aromatic heterocycles. The number of nitrogens with one attached hydrogen (secondary N) is 1. The molecule has 1 aliphatic carbocycles. The van der Waals surface area contributed by atoms with Gasteiger partial charge in [0.15, 0.2) is 17.5 Å². The van der Waals surface area contributed by atoms with Crippen molar-refractivity contribution >= 4 is 10.0 Å². The van der Waals surface area contributed by atoms with Gasteiger partial charge in [0.1, 0.15) is 0 Å². The van der Waals surface area contributed by atoms with Gasteiger partial charge in [-0.15, -0.1) is 0 Å². The maximum Gasteiger partial charge on any atom is 0.241 e. The molecule has 1 fully saturated rings. The van der Waals surface area contributed by atoms with Gasteiger partial charge in [0.05, 0.1) is 4.90 Å². The van der Waals surface area contributed by atoms with Gasteiger partial charge < -0.3 is 5.73 Å². The Labute approximate surface area is 108 Å². The molecular weight excluding hydrogens is 281 g/mol. The fourth-order valence-corrected chi connectivity index (χ4v) is 3.13. The number of hydrogen-bond acceptors (Lipinski definition) is 3. The highest BCUT2D eigenvalue weighted by Gasteiger charge is 2.33. The molecule has 4 nitrogen and oxygen atoms in total. The Morgan fingerprint density at radius 3 is 2.21 bits per heavy atom. The maximum atomic E-state index is 13.0. The first-order chi connectivity index (χ1) is 8.85. The molecule has 0 amide bonds. The quantitative estimate of drug-likeness (QED) is 0.799. The summed E-state index contributed by atoms with van der Waals surface area (Å²) in [6.45, 7) is 0.0933. The van der Waals surface area contributed by atoms with Crippen molar-refractivity contribution < 1.29 is 21.6 Å². The molecule has 0 radical (unpaired) electrons. The Hall–Kier alpha value is -1.12. The lowest BCUT2D eigenvalue weighted by Gasteiger charge is -2.16. The van der Waals surface area contributed by atoms with Gasteiger partial charge in [0, 0.05) is 12.6 Å². The van der Waals surface area contributed by atoms with Crippen molar-refractivity contribution in [1.82, 2.24) is 4.72 Å². The molecule has 0 bridgehead atoms. The molecule has 0 saturated heterocycles. The topological polar surface area (TPSA) is 72.2 Å². The molecule has 1 unspecified atom stereocenters. The normalized spacial score (nSPS) is 17.5. The van der Waals surface area contributed by atoms with Crippen LogP contribution in [0.4, 0.5) is 13.2 Å². The Balaban J connectivity index is 2.28. The van der Waals surface area contributed by atoms with E-state index in [2.05, 4.69) is 4.72 Å². The van der Waals surface area contributed by atoms with Crippen molar-refractivity contribution in [2.45, 2.75) is 23.8 Å². The lowest BCUT2D eigenvalue weighted by molar-refractivity contribution is 0.441. The van der Waals surface area contributed by atoms with Crippen LogP contribution in [0.1, 0.15) is 12.8 Å². The molecule has 0 aliphatic heterocycles. The molecule has 1 aliphatic rings. The Bertz CT molecular complexity index is 565. The highest BCUT2D eigenvalue weighted by atomic mass is 32.2. The third-order valence-electron chi connectivity index (χ3n) is 3.02. The lowest BCUT2D eigenvalue weighted by Crippen LogP contribution is -2.41. The van der Waals surface area contributed by atoms with Crippen LogP contribution in [0.15, 0.2) is 17.0 Å². The van der Waals surface area contributed by atoms with Crippen LogP contribution in [0.2, 0.25) is 0 Å².